The van der Waals surface area contributed by atoms with Gasteiger partial charge in [0.2, 0.25) is 0 Å². The van der Waals surface area contributed by atoms with E-state index in [4.69, 9.17) is 0 Å². The van der Waals surface area contributed by atoms with E-state index in [-0.39, 0.29) is 5.91 Å². The highest BCUT2D eigenvalue weighted by atomic mass is 16.1. The normalized spacial score (nSPS) is 22.4. The lowest BCUT2D eigenvalue weighted by atomic mass is 9.87. The molecule has 1 aliphatic carbocycles. The fourth-order valence-electron chi connectivity index (χ4n) is 2.85. The molecule has 1 saturated carbocycles. The van der Waals surface area contributed by atoms with Gasteiger partial charge in [0.1, 0.15) is 0 Å². The zero-order valence-electron chi connectivity index (χ0n) is 12.8. The van der Waals surface area contributed by atoms with Crippen LogP contribution in [0.5, 0.6) is 0 Å². The highest BCUT2D eigenvalue weighted by molar-refractivity contribution is 5.94. The third-order valence-corrected chi connectivity index (χ3v) is 4.20. The summed E-state index contributed by atoms with van der Waals surface area (Å²) in [6.45, 7) is 7.00. The lowest BCUT2D eigenvalue weighted by Gasteiger charge is -2.28. The molecule has 1 aromatic rings. The maximum atomic E-state index is 11.8. The van der Waals surface area contributed by atoms with Crippen molar-refractivity contribution in [3.8, 4) is 0 Å². The van der Waals surface area contributed by atoms with E-state index in [1.807, 2.05) is 25.1 Å². The van der Waals surface area contributed by atoms with Gasteiger partial charge in [0.15, 0.2) is 0 Å². The molecule has 2 rings (SSSR count). The Bertz CT molecular complexity index is 462. The van der Waals surface area contributed by atoms with Crippen molar-refractivity contribution in [2.75, 3.05) is 11.9 Å². The average molecular weight is 274 g/mol. The van der Waals surface area contributed by atoms with Gasteiger partial charge >= 0.3 is 0 Å². The summed E-state index contributed by atoms with van der Waals surface area (Å²) < 4.78 is 0. The first kappa shape index (κ1) is 14.9. The third kappa shape index (κ3) is 3.75. The van der Waals surface area contributed by atoms with Gasteiger partial charge < -0.3 is 10.6 Å². The fourth-order valence-corrected chi connectivity index (χ4v) is 2.85. The van der Waals surface area contributed by atoms with Crippen LogP contribution in [0.25, 0.3) is 0 Å². The third-order valence-electron chi connectivity index (χ3n) is 4.20. The second-order valence-electron chi connectivity index (χ2n) is 5.99. The van der Waals surface area contributed by atoms with Gasteiger partial charge in [-0.15, -0.1) is 0 Å². The molecule has 0 atom stereocenters. The topological polar surface area (TPSA) is 41.1 Å². The summed E-state index contributed by atoms with van der Waals surface area (Å²) in [6, 6.07) is 6.50. The summed E-state index contributed by atoms with van der Waals surface area (Å²) in [6.07, 6.45) is 5.12. The summed E-state index contributed by atoms with van der Waals surface area (Å²) in [4.78, 5) is 11.8. The summed E-state index contributed by atoms with van der Waals surface area (Å²) in [5, 5.41) is 6.47. The van der Waals surface area contributed by atoms with Crippen LogP contribution in [-0.2, 0) is 0 Å². The second-order valence-corrected chi connectivity index (χ2v) is 5.99. The smallest absolute Gasteiger partial charge is 0.251 e. The molecule has 1 fully saturated rings. The van der Waals surface area contributed by atoms with Crippen molar-refractivity contribution in [3.63, 3.8) is 0 Å². The van der Waals surface area contributed by atoms with Crippen LogP contribution >= 0.6 is 0 Å². The van der Waals surface area contributed by atoms with E-state index < -0.39 is 0 Å². The van der Waals surface area contributed by atoms with Crippen LogP contribution in [0.1, 0.15) is 55.5 Å². The molecule has 110 valence electrons. The number of carbonyl (C=O) groups excluding carboxylic acids is 1. The summed E-state index contributed by atoms with van der Waals surface area (Å²) in [5.74, 6) is 0.878. The molecule has 0 spiro atoms. The number of aryl methyl sites for hydroxylation is 1. The highest BCUT2D eigenvalue weighted by Crippen LogP contribution is 2.27. The van der Waals surface area contributed by atoms with E-state index in [2.05, 4.69) is 24.5 Å². The predicted octanol–water partition coefficient (Wildman–Crippen LogP) is 3.74. The minimum atomic E-state index is 0.00800. The van der Waals surface area contributed by atoms with Crippen molar-refractivity contribution < 1.29 is 4.79 Å². The van der Waals surface area contributed by atoms with Gasteiger partial charge in [-0.1, -0.05) is 6.92 Å². The largest absolute Gasteiger partial charge is 0.382 e. The monoisotopic (exact) mass is 274 g/mol. The fraction of sp³-hybridized carbons (Fsp3) is 0.588. The van der Waals surface area contributed by atoms with Crippen LogP contribution in [0.3, 0.4) is 0 Å². The molecule has 3 nitrogen and oxygen atoms in total. The molecule has 1 aromatic carbocycles. The molecule has 0 aliphatic heterocycles. The van der Waals surface area contributed by atoms with E-state index in [0.717, 1.165) is 22.7 Å². The van der Waals surface area contributed by atoms with E-state index in [9.17, 15) is 4.79 Å². The van der Waals surface area contributed by atoms with Crippen molar-refractivity contribution in [3.05, 3.63) is 29.3 Å². The van der Waals surface area contributed by atoms with Gasteiger partial charge in [0, 0.05) is 23.8 Å². The molecule has 0 saturated heterocycles. The van der Waals surface area contributed by atoms with Crippen molar-refractivity contribution in [2.45, 2.75) is 52.5 Å². The number of amides is 1. The van der Waals surface area contributed by atoms with Crippen LogP contribution < -0.4 is 10.6 Å². The van der Waals surface area contributed by atoms with Crippen molar-refractivity contribution >= 4 is 11.6 Å². The van der Waals surface area contributed by atoms with Crippen molar-refractivity contribution in [1.29, 1.82) is 0 Å². The SMILES string of the molecule is CCNC(=O)c1ccc(NC2CCC(C)CC2)c(C)c1. The molecule has 1 amide bonds. The van der Waals surface area contributed by atoms with Crippen molar-refractivity contribution in [2.24, 2.45) is 5.92 Å². The molecule has 1 aliphatic rings. The van der Waals surface area contributed by atoms with E-state index in [1.165, 1.54) is 25.7 Å². The molecule has 0 heterocycles. The number of rotatable bonds is 4. The van der Waals surface area contributed by atoms with Gasteiger partial charge in [-0.3, -0.25) is 4.79 Å². The number of hydrogen-bond donors (Lipinski definition) is 2. The Morgan fingerprint density at radius 1 is 1.25 bits per heavy atom. The van der Waals surface area contributed by atoms with E-state index in [0.29, 0.717) is 12.6 Å². The molecule has 0 bridgehead atoms. The number of carbonyl (C=O) groups is 1. The molecular weight excluding hydrogens is 248 g/mol. The lowest BCUT2D eigenvalue weighted by molar-refractivity contribution is 0.0956. The average Bonchev–Trinajstić information content (AvgIpc) is 2.43. The molecule has 3 heteroatoms. The predicted molar refractivity (Wildman–Crippen MR) is 84.2 cm³/mol. The van der Waals surface area contributed by atoms with Crippen LogP contribution in [-0.4, -0.2) is 18.5 Å². The van der Waals surface area contributed by atoms with Crippen LogP contribution in [0, 0.1) is 12.8 Å². The maximum absolute atomic E-state index is 11.8. The first-order chi connectivity index (χ1) is 9.60. The Hall–Kier alpha value is -1.51. The molecule has 0 radical (unpaired) electrons. The summed E-state index contributed by atoms with van der Waals surface area (Å²) >= 11 is 0. The van der Waals surface area contributed by atoms with Gasteiger partial charge in [0.05, 0.1) is 0 Å². The number of anilines is 1. The van der Waals surface area contributed by atoms with Gasteiger partial charge in [-0.25, -0.2) is 0 Å². The Balaban J connectivity index is 2.00. The Morgan fingerprint density at radius 3 is 2.55 bits per heavy atom. The van der Waals surface area contributed by atoms with Crippen molar-refractivity contribution in [1.82, 2.24) is 5.32 Å². The quantitative estimate of drug-likeness (QED) is 0.878. The minimum Gasteiger partial charge on any atom is -0.382 e. The Labute approximate surface area is 122 Å². The lowest BCUT2D eigenvalue weighted by Crippen LogP contribution is -2.26. The van der Waals surface area contributed by atoms with Gasteiger partial charge in [0.25, 0.3) is 5.91 Å². The molecular formula is C17H26N2O. The zero-order chi connectivity index (χ0) is 14.5. The highest BCUT2D eigenvalue weighted by Gasteiger charge is 2.18. The van der Waals surface area contributed by atoms with Crippen LogP contribution in [0.15, 0.2) is 18.2 Å². The van der Waals surface area contributed by atoms with E-state index in [1.54, 1.807) is 0 Å². The summed E-state index contributed by atoms with van der Waals surface area (Å²) in [7, 11) is 0. The number of nitrogens with one attached hydrogen (secondary N) is 2. The first-order valence-corrected chi connectivity index (χ1v) is 7.75. The van der Waals surface area contributed by atoms with E-state index >= 15 is 0 Å². The first-order valence-electron chi connectivity index (χ1n) is 7.75. The zero-order valence-corrected chi connectivity index (χ0v) is 12.8. The van der Waals surface area contributed by atoms with Gasteiger partial charge in [-0.05, 0) is 69.2 Å². The van der Waals surface area contributed by atoms with Crippen LogP contribution in [0.4, 0.5) is 5.69 Å². The number of hydrogen-bond acceptors (Lipinski definition) is 2. The Morgan fingerprint density at radius 2 is 1.95 bits per heavy atom. The Kier molecular flexibility index (Phi) is 5.05. The maximum Gasteiger partial charge on any atom is 0.251 e. The van der Waals surface area contributed by atoms with Crippen LogP contribution in [0.2, 0.25) is 0 Å². The molecule has 20 heavy (non-hydrogen) atoms. The minimum absolute atomic E-state index is 0.00800. The standard InChI is InChI=1S/C17H26N2O/c1-4-18-17(20)14-7-10-16(13(3)11-14)19-15-8-5-12(2)6-9-15/h7,10-12,15,19H,4-6,8-9H2,1-3H3,(H,18,20). The molecule has 2 N–H and O–H groups in total. The molecule has 0 unspecified atom stereocenters. The van der Waals surface area contributed by atoms with Gasteiger partial charge in [-0.2, -0.15) is 0 Å². The summed E-state index contributed by atoms with van der Waals surface area (Å²) in [5.41, 5.74) is 3.05. The second kappa shape index (κ2) is 6.78. The number of benzene rings is 1. The molecule has 0 aromatic heterocycles.